The van der Waals surface area contributed by atoms with Gasteiger partial charge in [0, 0.05) is 0 Å². The Kier molecular flexibility index (Phi) is 5.58. The number of phenolic OH excluding ortho intramolecular Hbond substituents is 1. The van der Waals surface area contributed by atoms with Crippen molar-refractivity contribution < 1.29 is 5.11 Å². The van der Waals surface area contributed by atoms with E-state index in [4.69, 9.17) is 0 Å². The Labute approximate surface area is 195 Å². The molecule has 33 heavy (non-hydrogen) atoms. The molecule has 0 unspecified atom stereocenters. The second-order valence-electron chi connectivity index (χ2n) is 8.47. The Morgan fingerprint density at radius 3 is 1.12 bits per heavy atom. The topological polar surface area (TPSA) is 20.2 Å². The molecule has 0 aliphatic carbocycles. The molecule has 0 aromatic heterocycles. The SMILES string of the molecule is Oc1ccc(P(Cc2ccccc2)(c2ccccc2)(c2ccccc2)c2ccccc2)cc1. The third kappa shape index (κ3) is 3.37. The van der Waals surface area contributed by atoms with Gasteiger partial charge in [-0.1, -0.05) is 0 Å². The zero-order valence-corrected chi connectivity index (χ0v) is 19.4. The van der Waals surface area contributed by atoms with E-state index in [1.165, 1.54) is 26.8 Å². The molecule has 1 nitrogen and oxygen atoms in total. The van der Waals surface area contributed by atoms with Gasteiger partial charge in [-0.2, -0.15) is 0 Å². The molecule has 0 spiro atoms. The summed E-state index contributed by atoms with van der Waals surface area (Å²) >= 11 is 0. The molecule has 162 valence electrons. The minimum atomic E-state index is -3.26. The zero-order chi connectivity index (χ0) is 22.6. The van der Waals surface area contributed by atoms with Crippen molar-refractivity contribution in [2.45, 2.75) is 6.16 Å². The molecule has 5 aromatic carbocycles. The van der Waals surface area contributed by atoms with Crippen LogP contribution in [0.25, 0.3) is 0 Å². The molecule has 0 aliphatic heterocycles. The van der Waals surface area contributed by atoms with Crippen LogP contribution in [-0.2, 0) is 6.16 Å². The zero-order valence-electron chi connectivity index (χ0n) is 18.5. The molecule has 0 saturated carbocycles. The van der Waals surface area contributed by atoms with Crippen LogP contribution in [0, 0.1) is 0 Å². The fourth-order valence-electron chi connectivity index (χ4n) is 5.26. The third-order valence-corrected chi connectivity index (χ3v) is 13.5. The van der Waals surface area contributed by atoms with Crippen LogP contribution >= 0.6 is 6.60 Å². The van der Waals surface area contributed by atoms with Gasteiger partial charge in [-0.3, -0.25) is 0 Å². The molecule has 5 rings (SSSR count). The average Bonchev–Trinajstić information content (AvgIpc) is 2.90. The van der Waals surface area contributed by atoms with E-state index >= 15 is 0 Å². The predicted octanol–water partition coefficient (Wildman–Crippen LogP) is 5.75. The maximum atomic E-state index is 10.2. The molecule has 0 fully saturated rings. The molecule has 0 saturated heterocycles. The molecule has 1 N–H and O–H groups in total. The van der Waals surface area contributed by atoms with Gasteiger partial charge in [0.1, 0.15) is 0 Å². The summed E-state index contributed by atoms with van der Waals surface area (Å²) in [6, 6.07) is 51.6. The van der Waals surface area contributed by atoms with Gasteiger partial charge in [-0.05, 0) is 0 Å². The van der Waals surface area contributed by atoms with Crippen LogP contribution in [0.2, 0.25) is 0 Å². The summed E-state index contributed by atoms with van der Waals surface area (Å²) in [5.41, 5.74) is 1.29. The Hall–Kier alpha value is -3.67. The molecule has 0 bridgehead atoms. The second-order valence-corrected chi connectivity index (χ2v) is 13.5. The van der Waals surface area contributed by atoms with Gasteiger partial charge in [0.15, 0.2) is 0 Å². The number of phenols is 1. The van der Waals surface area contributed by atoms with Crippen LogP contribution in [-0.4, -0.2) is 5.11 Å². The van der Waals surface area contributed by atoms with Crippen molar-refractivity contribution in [1.29, 1.82) is 0 Å². The van der Waals surface area contributed by atoms with Crippen molar-refractivity contribution in [3.63, 3.8) is 0 Å². The fourth-order valence-corrected chi connectivity index (χ4v) is 12.0. The van der Waals surface area contributed by atoms with Crippen LogP contribution in [0.5, 0.6) is 5.75 Å². The van der Waals surface area contributed by atoms with E-state index in [-0.39, 0.29) is 5.75 Å². The monoisotopic (exact) mass is 446 g/mol. The molecule has 5 aromatic rings. The summed E-state index contributed by atoms with van der Waals surface area (Å²) in [4.78, 5) is 0. The van der Waals surface area contributed by atoms with E-state index in [9.17, 15) is 5.11 Å². The minimum absolute atomic E-state index is 0.282. The normalized spacial score (nSPS) is 12.5. The molecule has 0 amide bonds. The maximum absolute atomic E-state index is 10.2. The molecule has 2 heteroatoms. The number of rotatable bonds is 6. The standard InChI is InChI=1S/C31H27OP/c32-27-21-23-31(24-22-27)33(28-15-7-2-8-16-28,29-17-9-3-10-18-29,30-19-11-4-12-20-30)25-26-13-5-1-6-14-26/h1-24,32H,25H2. The number of benzene rings is 5. The predicted molar refractivity (Wildman–Crippen MR) is 143 cm³/mol. The Bertz CT molecular complexity index is 1220. The van der Waals surface area contributed by atoms with E-state index in [1.54, 1.807) is 0 Å². The number of aromatic hydroxyl groups is 1. The second kappa shape index (κ2) is 8.70. The first-order chi connectivity index (χ1) is 16.2. The van der Waals surface area contributed by atoms with Crippen molar-refractivity contribution in [3.05, 3.63) is 151 Å². The van der Waals surface area contributed by atoms with E-state index in [1.807, 2.05) is 12.1 Å². The number of hydrogen-bond donors (Lipinski definition) is 1. The van der Waals surface area contributed by atoms with Crippen LogP contribution < -0.4 is 21.2 Å². The summed E-state index contributed by atoms with van der Waals surface area (Å²) in [5.74, 6) is 0.282. The summed E-state index contributed by atoms with van der Waals surface area (Å²) in [7, 11) is 0. The van der Waals surface area contributed by atoms with E-state index in [0.717, 1.165) is 6.16 Å². The first kappa shape index (κ1) is 21.2. The molecule has 0 radical (unpaired) electrons. The van der Waals surface area contributed by atoms with Gasteiger partial charge in [0.25, 0.3) is 0 Å². The Morgan fingerprint density at radius 1 is 0.394 bits per heavy atom. The van der Waals surface area contributed by atoms with Gasteiger partial charge in [-0.25, -0.2) is 0 Å². The van der Waals surface area contributed by atoms with Gasteiger partial charge < -0.3 is 0 Å². The first-order valence-corrected chi connectivity index (χ1v) is 13.7. The quantitative estimate of drug-likeness (QED) is 0.330. The van der Waals surface area contributed by atoms with Crippen molar-refractivity contribution in [2.24, 2.45) is 0 Å². The van der Waals surface area contributed by atoms with Crippen LogP contribution in [0.15, 0.2) is 146 Å². The van der Waals surface area contributed by atoms with Crippen LogP contribution in [0.3, 0.4) is 0 Å². The summed E-state index contributed by atoms with van der Waals surface area (Å²) in [6.07, 6.45) is 0.856. The fraction of sp³-hybridized carbons (Fsp3) is 0.0323. The van der Waals surface area contributed by atoms with Gasteiger partial charge in [-0.15, -0.1) is 0 Å². The van der Waals surface area contributed by atoms with Gasteiger partial charge in [0.2, 0.25) is 0 Å². The van der Waals surface area contributed by atoms with E-state index in [2.05, 4.69) is 133 Å². The Morgan fingerprint density at radius 2 is 0.727 bits per heavy atom. The summed E-state index contributed by atoms with van der Waals surface area (Å²) < 4.78 is 0. The van der Waals surface area contributed by atoms with Gasteiger partial charge >= 0.3 is 196 Å². The number of hydrogen-bond acceptors (Lipinski definition) is 1. The molecule has 0 atom stereocenters. The van der Waals surface area contributed by atoms with Crippen LogP contribution in [0.4, 0.5) is 0 Å². The van der Waals surface area contributed by atoms with Crippen LogP contribution in [0.1, 0.15) is 5.56 Å². The van der Waals surface area contributed by atoms with Gasteiger partial charge in [0.05, 0.1) is 0 Å². The average molecular weight is 447 g/mol. The van der Waals surface area contributed by atoms with E-state index < -0.39 is 6.60 Å². The summed E-state index contributed by atoms with van der Waals surface area (Å²) in [5, 5.41) is 15.4. The van der Waals surface area contributed by atoms with Crippen molar-refractivity contribution in [3.8, 4) is 5.75 Å². The molecular weight excluding hydrogens is 419 g/mol. The van der Waals surface area contributed by atoms with Crippen molar-refractivity contribution in [2.75, 3.05) is 0 Å². The first-order valence-electron chi connectivity index (χ1n) is 11.3. The van der Waals surface area contributed by atoms with E-state index in [0.29, 0.717) is 0 Å². The third-order valence-electron chi connectivity index (χ3n) is 6.74. The Balaban J connectivity index is 2.03. The van der Waals surface area contributed by atoms with Crippen molar-refractivity contribution in [1.82, 2.24) is 0 Å². The molecular formula is C31H27OP. The van der Waals surface area contributed by atoms with Crippen molar-refractivity contribution >= 4 is 27.8 Å². The summed E-state index contributed by atoms with van der Waals surface area (Å²) in [6.45, 7) is -3.26. The molecule has 0 aliphatic rings. The molecule has 0 heterocycles.